The molecule has 0 saturated heterocycles. The predicted molar refractivity (Wildman–Crippen MR) is 74.1 cm³/mol. The van der Waals surface area contributed by atoms with E-state index in [0.717, 1.165) is 5.56 Å². The summed E-state index contributed by atoms with van der Waals surface area (Å²) in [5.41, 5.74) is 7.35. The minimum absolute atomic E-state index is 0.260. The standard InChI is InChI=1S/C14H17N3O3/c1-19-14(18)13-12(15)9-16-17(13)7-8-20-10-11-5-3-2-4-6-11/h2-6,9H,7-8,10,15H2,1H3. The Morgan fingerprint density at radius 1 is 1.35 bits per heavy atom. The molecule has 20 heavy (non-hydrogen) atoms. The predicted octanol–water partition coefficient (Wildman–Crippen LogP) is 1.47. The van der Waals surface area contributed by atoms with Crippen molar-refractivity contribution in [2.75, 3.05) is 19.5 Å². The van der Waals surface area contributed by atoms with Crippen LogP contribution in [0.2, 0.25) is 0 Å². The second-order valence-corrected chi connectivity index (χ2v) is 4.20. The third kappa shape index (κ3) is 3.36. The summed E-state index contributed by atoms with van der Waals surface area (Å²) in [5, 5.41) is 4.04. The fourth-order valence-electron chi connectivity index (χ4n) is 1.80. The molecule has 0 spiro atoms. The number of anilines is 1. The van der Waals surface area contributed by atoms with Crippen LogP contribution in [0, 0.1) is 0 Å². The van der Waals surface area contributed by atoms with E-state index < -0.39 is 5.97 Å². The number of carbonyl (C=O) groups is 1. The number of aromatic nitrogens is 2. The average molecular weight is 275 g/mol. The summed E-state index contributed by atoms with van der Waals surface area (Å²) in [5.74, 6) is -0.497. The number of benzene rings is 1. The van der Waals surface area contributed by atoms with Crippen LogP contribution >= 0.6 is 0 Å². The van der Waals surface area contributed by atoms with Crippen molar-refractivity contribution in [2.24, 2.45) is 0 Å². The lowest BCUT2D eigenvalue weighted by molar-refractivity contribution is 0.0581. The quantitative estimate of drug-likeness (QED) is 0.638. The van der Waals surface area contributed by atoms with Crippen LogP contribution in [0.4, 0.5) is 5.69 Å². The van der Waals surface area contributed by atoms with E-state index in [1.807, 2.05) is 30.3 Å². The van der Waals surface area contributed by atoms with Crippen molar-refractivity contribution in [1.82, 2.24) is 9.78 Å². The summed E-state index contributed by atoms with van der Waals surface area (Å²) < 4.78 is 11.7. The van der Waals surface area contributed by atoms with E-state index in [0.29, 0.717) is 25.4 Å². The number of nitrogens with zero attached hydrogens (tertiary/aromatic N) is 2. The molecule has 0 amide bonds. The summed E-state index contributed by atoms with van der Waals surface area (Å²) in [6, 6.07) is 9.86. The van der Waals surface area contributed by atoms with E-state index in [1.165, 1.54) is 18.0 Å². The molecular formula is C14H17N3O3. The van der Waals surface area contributed by atoms with Crippen LogP contribution in [0.1, 0.15) is 16.1 Å². The Morgan fingerprint density at radius 3 is 2.80 bits per heavy atom. The van der Waals surface area contributed by atoms with E-state index in [2.05, 4.69) is 9.84 Å². The van der Waals surface area contributed by atoms with E-state index >= 15 is 0 Å². The molecule has 1 heterocycles. The van der Waals surface area contributed by atoms with Gasteiger partial charge in [0.05, 0.1) is 38.8 Å². The van der Waals surface area contributed by atoms with Gasteiger partial charge in [-0.2, -0.15) is 5.10 Å². The molecule has 1 aromatic carbocycles. The number of nitrogens with two attached hydrogens (primary N) is 1. The molecule has 0 saturated carbocycles. The Hall–Kier alpha value is -2.34. The molecule has 2 aromatic rings. The molecule has 0 unspecified atom stereocenters. The van der Waals surface area contributed by atoms with Gasteiger partial charge in [0, 0.05) is 0 Å². The zero-order valence-corrected chi connectivity index (χ0v) is 11.3. The minimum Gasteiger partial charge on any atom is -0.464 e. The third-order valence-electron chi connectivity index (χ3n) is 2.81. The van der Waals surface area contributed by atoms with E-state index in [4.69, 9.17) is 10.5 Å². The van der Waals surface area contributed by atoms with Gasteiger partial charge in [0.15, 0.2) is 5.69 Å². The zero-order chi connectivity index (χ0) is 14.4. The first kappa shape index (κ1) is 14.1. The smallest absolute Gasteiger partial charge is 0.358 e. The number of methoxy groups -OCH3 is 1. The lowest BCUT2D eigenvalue weighted by Crippen LogP contribution is -2.16. The highest BCUT2D eigenvalue weighted by atomic mass is 16.5. The third-order valence-corrected chi connectivity index (χ3v) is 2.81. The molecule has 6 heteroatoms. The van der Waals surface area contributed by atoms with E-state index in [1.54, 1.807) is 0 Å². The minimum atomic E-state index is -0.497. The van der Waals surface area contributed by atoms with Gasteiger partial charge in [-0.1, -0.05) is 30.3 Å². The molecule has 0 aliphatic heterocycles. The Kier molecular flexibility index (Phi) is 4.73. The molecule has 0 bridgehead atoms. The Balaban J connectivity index is 1.87. The Labute approximate surface area is 117 Å². The highest BCUT2D eigenvalue weighted by Gasteiger charge is 2.16. The van der Waals surface area contributed by atoms with E-state index in [9.17, 15) is 4.79 Å². The van der Waals surface area contributed by atoms with Crippen molar-refractivity contribution in [3.05, 3.63) is 47.8 Å². The zero-order valence-electron chi connectivity index (χ0n) is 11.3. The molecule has 6 nitrogen and oxygen atoms in total. The number of rotatable bonds is 6. The van der Waals surface area contributed by atoms with Crippen LogP contribution in [0.15, 0.2) is 36.5 Å². The maximum atomic E-state index is 11.6. The molecular weight excluding hydrogens is 258 g/mol. The average Bonchev–Trinajstić information content (AvgIpc) is 2.85. The molecule has 0 fully saturated rings. The molecule has 0 aliphatic carbocycles. The van der Waals surface area contributed by atoms with Gasteiger partial charge in [0.25, 0.3) is 0 Å². The number of hydrogen-bond donors (Lipinski definition) is 1. The van der Waals surface area contributed by atoms with Crippen molar-refractivity contribution in [3.63, 3.8) is 0 Å². The number of ether oxygens (including phenoxy) is 2. The maximum Gasteiger partial charge on any atom is 0.358 e. The molecule has 0 atom stereocenters. The van der Waals surface area contributed by atoms with Gasteiger partial charge in [-0.25, -0.2) is 4.79 Å². The SMILES string of the molecule is COC(=O)c1c(N)cnn1CCOCc1ccccc1. The summed E-state index contributed by atoms with van der Waals surface area (Å²) in [6.07, 6.45) is 1.43. The largest absolute Gasteiger partial charge is 0.464 e. The number of esters is 1. The van der Waals surface area contributed by atoms with Gasteiger partial charge >= 0.3 is 5.97 Å². The fraction of sp³-hybridized carbons (Fsp3) is 0.286. The maximum absolute atomic E-state index is 11.6. The second kappa shape index (κ2) is 6.72. The topological polar surface area (TPSA) is 79.4 Å². The number of carbonyl (C=O) groups excluding carboxylic acids is 1. The molecule has 1 aromatic heterocycles. The monoisotopic (exact) mass is 275 g/mol. The summed E-state index contributed by atoms with van der Waals surface area (Å²) in [4.78, 5) is 11.6. The lowest BCUT2D eigenvalue weighted by atomic mass is 10.2. The first-order chi connectivity index (χ1) is 9.72. The van der Waals surface area contributed by atoms with Crippen molar-refractivity contribution < 1.29 is 14.3 Å². The van der Waals surface area contributed by atoms with Crippen molar-refractivity contribution in [3.8, 4) is 0 Å². The number of nitrogen functional groups attached to an aromatic ring is 1. The van der Waals surface area contributed by atoms with Gasteiger partial charge in [0.2, 0.25) is 0 Å². The highest BCUT2D eigenvalue weighted by molar-refractivity contribution is 5.92. The summed E-state index contributed by atoms with van der Waals surface area (Å²) in [7, 11) is 1.31. The van der Waals surface area contributed by atoms with Crippen LogP contribution in [0.3, 0.4) is 0 Å². The molecule has 2 N–H and O–H groups in total. The van der Waals surface area contributed by atoms with Crippen LogP contribution in [0.25, 0.3) is 0 Å². The van der Waals surface area contributed by atoms with Crippen LogP contribution in [-0.4, -0.2) is 29.5 Å². The van der Waals surface area contributed by atoms with Gasteiger partial charge in [-0.3, -0.25) is 4.68 Å². The van der Waals surface area contributed by atoms with Crippen molar-refractivity contribution in [1.29, 1.82) is 0 Å². The lowest BCUT2D eigenvalue weighted by Gasteiger charge is -2.07. The highest BCUT2D eigenvalue weighted by Crippen LogP contribution is 2.12. The van der Waals surface area contributed by atoms with Crippen LogP contribution in [-0.2, 0) is 22.6 Å². The van der Waals surface area contributed by atoms with Gasteiger partial charge < -0.3 is 15.2 Å². The Morgan fingerprint density at radius 2 is 2.10 bits per heavy atom. The molecule has 106 valence electrons. The number of hydrogen-bond acceptors (Lipinski definition) is 5. The normalized spacial score (nSPS) is 10.4. The summed E-state index contributed by atoms with van der Waals surface area (Å²) >= 11 is 0. The van der Waals surface area contributed by atoms with Crippen LogP contribution < -0.4 is 5.73 Å². The van der Waals surface area contributed by atoms with Gasteiger partial charge in [0.1, 0.15) is 0 Å². The molecule has 2 rings (SSSR count). The molecule has 0 aliphatic rings. The van der Waals surface area contributed by atoms with E-state index in [-0.39, 0.29) is 5.69 Å². The van der Waals surface area contributed by atoms with Crippen molar-refractivity contribution >= 4 is 11.7 Å². The van der Waals surface area contributed by atoms with Gasteiger partial charge in [-0.15, -0.1) is 0 Å². The van der Waals surface area contributed by atoms with Crippen molar-refractivity contribution in [2.45, 2.75) is 13.2 Å². The van der Waals surface area contributed by atoms with Gasteiger partial charge in [-0.05, 0) is 5.56 Å². The first-order valence-corrected chi connectivity index (χ1v) is 6.23. The van der Waals surface area contributed by atoms with Crippen LogP contribution in [0.5, 0.6) is 0 Å². The summed E-state index contributed by atoms with van der Waals surface area (Å²) in [6.45, 7) is 1.39. The second-order valence-electron chi connectivity index (χ2n) is 4.20. The fourth-order valence-corrected chi connectivity index (χ4v) is 1.80. The Bertz CT molecular complexity index is 566. The first-order valence-electron chi connectivity index (χ1n) is 6.23. The molecule has 0 radical (unpaired) electrons.